The molecule has 8 heteroatoms. The van der Waals surface area contributed by atoms with Gasteiger partial charge in [-0.1, -0.05) is 55.8 Å². The first-order valence-electron chi connectivity index (χ1n) is 14.2. The third-order valence-electron chi connectivity index (χ3n) is 7.06. The Bertz CT molecular complexity index is 1550. The zero-order valence-electron chi connectivity index (χ0n) is 24.0. The number of benzene rings is 3. The van der Waals surface area contributed by atoms with Crippen LogP contribution in [0.15, 0.2) is 77.7 Å². The number of aryl methyl sites for hydroxylation is 2. The van der Waals surface area contributed by atoms with Gasteiger partial charge in [-0.15, -0.1) is 0 Å². The Labute approximate surface area is 241 Å². The molecule has 0 radical (unpaired) electrons. The predicted molar refractivity (Wildman–Crippen MR) is 166 cm³/mol. The average Bonchev–Trinajstić information content (AvgIpc) is 2.98. The molecule has 41 heavy (non-hydrogen) atoms. The summed E-state index contributed by atoms with van der Waals surface area (Å²) in [6.45, 7) is 5.50. The van der Waals surface area contributed by atoms with Gasteiger partial charge in [-0.3, -0.25) is 9.59 Å². The first kappa shape index (κ1) is 29.7. The highest BCUT2D eigenvalue weighted by Gasteiger charge is 2.16. The van der Waals surface area contributed by atoms with Crippen LogP contribution in [0, 0.1) is 6.92 Å². The summed E-state index contributed by atoms with van der Waals surface area (Å²) in [5, 5.41) is 18.4. The third-order valence-corrected chi connectivity index (χ3v) is 7.06. The maximum Gasteiger partial charge on any atom is 0.293 e. The lowest BCUT2D eigenvalue weighted by atomic mass is 10.0. The van der Waals surface area contributed by atoms with Crippen LogP contribution in [-0.2, 0) is 19.9 Å². The monoisotopic (exact) mass is 553 g/mol. The van der Waals surface area contributed by atoms with E-state index in [2.05, 4.69) is 22.9 Å². The summed E-state index contributed by atoms with van der Waals surface area (Å²) >= 11 is 0. The fraction of sp³-hybridized carbons (Fsp3) is 0.303. The van der Waals surface area contributed by atoms with Gasteiger partial charge in [0.05, 0.1) is 12.3 Å². The molecular formula is C33H39N5O3. The number of amides is 1. The molecule has 1 aromatic heterocycles. The minimum Gasteiger partial charge on any atom is -0.395 e. The molecule has 214 valence electrons. The zero-order valence-corrected chi connectivity index (χ0v) is 24.0. The number of aromatic nitrogens is 2. The van der Waals surface area contributed by atoms with E-state index in [1.54, 1.807) is 13.2 Å². The molecule has 4 aromatic rings. The van der Waals surface area contributed by atoms with Crippen molar-refractivity contribution in [2.75, 3.05) is 30.3 Å². The number of aliphatic hydroxyl groups excluding tert-OH is 1. The lowest BCUT2D eigenvalue weighted by Gasteiger charge is -2.15. The van der Waals surface area contributed by atoms with Gasteiger partial charge in [-0.25, -0.2) is 4.98 Å². The van der Waals surface area contributed by atoms with Crippen molar-refractivity contribution in [1.82, 2.24) is 14.9 Å². The fourth-order valence-electron chi connectivity index (χ4n) is 4.76. The summed E-state index contributed by atoms with van der Waals surface area (Å²) in [7, 11) is 1.70. The first-order valence-corrected chi connectivity index (χ1v) is 14.2. The minimum absolute atomic E-state index is 0.106. The molecular weight excluding hydrogens is 514 g/mol. The van der Waals surface area contributed by atoms with Crippen LogP contribution in [0.2, 0.25) is 0 Å². The van der Waals surface area contributed by atoms with Gasteiger partial charge in [0.1, 0.15) is 0 Å². The third kappa shape index (κ3) is 7.68. The normalized spacial score (nSPS) is 10.9. The van der Waals surface area contributed by atoms with Crippen molar-refractivity contribution < 1.29 is 9.90 Å². The van der Waals surface area contributed by atoms with Crippen LogP contribution in [0.25, 0.3) is 11.3 Å². The molecule has 0 aliphatic heterocycles. The molecule has 1 amide bonds. The molecule has 0 bridgehead atoms. The van der Waals surface area contributed by atoms with Gasteiger partial charge < -0.3 is 25.6 Å². The van der Waals surface area contributed by atoms with E-state index in [-0.39, 0.29) is 23.9 Å². The van der Waals surface area contributed by atoms with Crippen molar-refractivity contribution in [2.45, 2.75) is 39.5 Å². The number of hydrogen-bond acceptors (Lipinski definition) is 6. The van der Waals surface area contributed by atoms with Crippen LogP contribution in [-0.4, -0.2) is 40.3 Å². The molecule has 1 heterocycles. The van der Waals surface area contributed by atoms with Gasteiger partial charge in [-0.2, -0.15) is 0 Å². The molecule has 0 saturated heterocycles. The Morgan fingerprint density at radius 1 is 1.00 bits per heavy atom. The van der Waals surface area contributed by atoms with E-state index in [9.17, 15) is 9.59 Å². The van der Waals surface area contributed by atoms with E-state index in [0.29, 0.717) is 23.5 Å². The number of nitrogens with one attached hydrogen (secondary N) is 3. The summed E-state index contributed by atoms with van der Waals surface area (Å²) in [4.78, 5) is 31.0. The van der Waals surface area contributed by atoms with E-state index in [1.807, 2.05) is 73.7 Å². The molecule has 0 spiro atoms. The van der Waals surface area contributed by atoms with Crippen molar-refractivity contribution in [1.29, 1.82) is 0 Å². The number of rotatable bonds is 13. The highest BCUT2D eigenvalue weighted by molar-refractivity contribution is 6.06. The predicted octanol–water partition coefficient (Wildman–Crippen LogP) is 5.22. The smallest absolute Gasteiger partial charge is 0.293 e. The average molecular weight is 554 g/mol. The maximum atomic E-state index is 13.3. The number of nitrogens with zero attached hydrogens (tertiary/aromatic N) is 2. The van der Waals surface area contributed by atoms with Crippen LogP contribution >= 0.6 is 0 Å². The van der Waals surface area contributed by atoms with Crippen LogP contribution in [0.4, 0.5) is 17.2 Å². The highest BCUT2D eigenvalue weighted by Crippen LogP contribution is 2.28. The van der Waals surface area contributed by atoms with Gasteiger partial charge in [0, 0.05) is 42.3 Å². The molecule has 3 aromatic carbocycles. The molecule has 0 aliphatic rings. The standard InChI is InChI=1S/C33H39N5O3/c1-4-5-11-25-12-6-7-14-28(25)32(40)37-29-16-9-15-27(23(29)2)30-22-38(3)33(41)31(36-30)35-26-13-8-10-24(21-26)17-18-34-19-20-39/h6-10,12-16,21-22,34,39H,4-5,11,17-20H2,1-3H3,(H,35,36)(H,37,40). The van der Waals surface area contributed by atoms with Gasteiger partial charge in [0.15, 0.2) is 5.82 Å². The number of hydrogen-bond donors (Lipinski definition) is 4. The topological polar surface area (TPSA) is 108 Å². The molecule has 0 aliphatic carbocycles. The van der Waals surface area contributed by atoms with E-state index in [4.69, 9.17) is 10.1 Å². The van der Waals surface area contributed by atoms with Crippen LogP contribution in [0.1, 0.15) is 46.8 Å². The molecule has 0 saturated carbocycles. The second kappa shape index (κ2) is 14.4. The molecule has 4 rings (SSSR count). The second-order valence-electron chi connectivity index (χ2n) is 10.1. The van der Waals surface area contributed by atoms with E-state index in [1.165, 1.54) is 4.57 Å². The van der Waals surface area contributed by atoms with Crippen LogP contribution in [0.3, 0.4) is 0 Å². The molecule has 4 N–H and O–H groups in total. The largest absolute Gasteiger partial charge is 0.395 e. The summed E-state index contributed by atoms with van der Waals surface area (Å²) in [6.07, 6.45) is 5.46. The Kier molecular flexibility index (Phi) is 10.4. The number of carbonyl (C=O) groups excluding carboxylic acids is 1. The summed E-state index contributed by atoms with van der Waals surface area (Å²) in [5.41, 5.74) is 6.36. The minimum atomic E-state index is -0.241. The Morgan fingerprint density at radius 3 is 2.61 bits per heavy atom. The zero-order chi connectivity index (χ0) is 29.2. The molecule has 8 nitrogen and oxygen atoms in total. The quantitative estimate of drug-likeness (QED) is 0.169. The van der Waals surface area contributed by atoms with E-state index < -0.39 is 0 Å². The second-order valence-corrected chi connectivity index (χ2v) is 10.1. The Balaban J connectivity index is 1.58. The van der Waals surface area contributed by atoms with E-state index >= 15 is 0 Å². The maximum absolute atomic E-state index is 13.3. The SMILES string of the molecule is CCCCc1ccccc1C(=O)Nc1cccc(-c2cn(C)c(=O)c(Nc3cccc(CCNCCO)c3)n2)c1C. The van der Waals surface area contributed by atoms with Gasteiger partial charge in [0.2, 0.25) is 0 Å². The number of carbonyl (C=O) groups is 1. The van der Waals surface area contributed by atoms with Gasteiger partial charge in [-0.05, 0) is 73.7 Å². The molecule has 0 atom stereocenters. The number of anilines is 3. The Morgan fingerprint density at radius 2 is 1.80 bits per heavy atom. The summed E-state index contributed by atoms with van der Waals surface area (Å²) in [5.74, 6) is 0.0819. The number of aliphatic hydroxyl groups is 1. The fourth-order valence-corrected chi connectivity index (χ4v) is 4.76. The summed E-state index contributed by atoms with van der Waals surface area (Å²) < 4.78 is 1.52. The Hall–Kier alpha value is -4.27. The van der Waals surface area contributed by atoms with Crippen molar-refractivity contribution in [3.63, 3.8) is 0 Å². The summed E-state index contributed by atoms with van der Waals surface area (Å²) in [6, 6.07) is 21.3. The van der Waals surface area contributed by atoms with Crippen LogP contribution in [0.5, 0.6) is 0 Å². The van der Waals surface area contributed by atoms with Crippen molar-refractivity contribution in [3.8, 4) is 11.3 Å². The lowest BCUT2D eigenvalue weighted by molar-refractivity contribution is 0.102. The van der Waals surface area contributed by atoms with Crippen molar-refractivity contribution in [2.24, 2.45) is 7.05 Å². The van der Waals surface area contributed by atoms with E-state index in [0.717, 1.165) is 60.2 Å². The van der Waals surface area contributed by atoms with Crippen LogP contribution < -0.4 is 21.5 Å². The molecule has 0 unspecified atom stereocenters. The van der Waals surface area contributed by atoms with Crippen molar-refractivity contribution in [3.05, 3.63) is 106 Å². The van der Waals surface area contributed by atoms with Gasteiger partial charge >= 0.3 is 0 Å². The molecule has 0 fully saturated rings. The lowest BCUT2D eigenvalue weighted by Crippen LogP contribution is -2.22. The number of unbranched alkanes of at least 4 members (excludes halogenated alkanes) is 1. The first-order chi connectivity index (χ1) is 19.9. The highest BCUT2D eigenvalue weighted by atomic mass is 16.3. The van der Waals surface area contributed by atoms with Crippen molar-refractivity contribution >= 4 is 23.1 Å². The van der Waals surface area contributed by atoms with Gasteiger partial charge in [0.25, 0.3) is 11.5 Å².